The Labute approximate surface area is 176 Å². The van der Waals surface area contributed by atoms with Crippen LogP contribution in [0.15, 0.2) is 36.4 Å². The van der Waals surface area contributed by atoms with E-state index in [9.17, 15) is 14.7 Å². The first-order chi connectivity index (χ1) is 14.3. The van der Waals surface area contributed by atoms with Crippen LogP contribution in [0.3, 0.4) is 0 Å². The average Bonchev–Trinajstić information content (AvgIpc) is 2.96. The maximum absolute atomic E-state index is 13.3. The number of fused-ring (bicyclic) bond motifs is 2. The van der Waals surface area contributed by atoms with Gasteiger partial charge in [-0.1, -0.05) is 36.4 Å². The van der Waals surface area contributed by atoms with Gasteiger partial charge in [-0.3, -0.25) is 9.69 Å². The van der Waals surface area contributed by atoms with E-state index in [1.54, 1.807) is 0 Å². The lowest BCUT2D eigenvalue weighted by Crippen LogP contribution is -2.47. The molecule has 6 nitrogen and oxygen atoms in total. The predicted octanol–water partition coefficient (Wildman–Crippen LogP) is 3.14. The van der Waals surface area contributed by atoms with Gasteiger partial charge in [-0.05, 0) is 67.9 Å². The van der Waals surface area contributed by atoms with E-state index >= 15 is 0 Å². The van der Waals surface area contributed by atoms with Crippen molar-refractivity contribution in [2.75, 3.05) is 13.2 Å². The number of aliphatic hydroxyl groups excluding tert-OH is 1. The highest BCUT2D eigenvalue weighted by atomic mass is 16.5. The van der Waals surface area contributed by atoms with Gasteiger partial charge < -0.3 is 15.2 Å². The fourth-order valence-electron chi connectivity index (χ4n) is 4.57. The monoisotopic (exact) mass is 408 g/mol. The molecule has 0 bridgehead atoms. The van der Waals surface area contributed by atoms with E-state index in [0.717, 1.165) is 51.3 Å². The van der Waals surface area contributed by atoms with Crippen molar-refractivity contribution in [1.29, 1.82) is 0 Å². The molecule has 2 N–H and O–H groups in total. The number of aryl methyl sites for hydroxylation is 3. The summed E-state index contributed by atoms with van der Waals surface area (Å²) in [6.45, 7) is 5.85. The number of carbonyl (C=O) groups is 2. The van der Waals surface area contributed by atoms with E-state index in [1.807, 2.05) is 57.2 Å². The summed E-state index contributed by atoms with van der Waals surface area (Å²) >= 11 is 0. The molecule has 1 saturated heterocycles. The van der Waals surface area contributed by atoms with Crippen molar-refractivity contribution in [3.8, 4) is 5.75 Å². The van der Waals surface area contributed by atoms with E-state index < -0.39 is 17.7 Å². The Morgan fingerprint density at radius 1 is 1.13 bits per heavy atom. The number of hydrogen-bond donors (Lipinski definition) is 2. The number of urea groups is 1. The van der Waals surface area contributed by atoms with Crippen molar-refractivity contribution in [3.63, 3.8) is 0 Å². The van der Waals surface area contributed by atoms with E-state index in [4.69, 9.17) is 4.74 Å². The predicted molar refractivity (Wildman–Crippen MR) is 113 cm³/mol. The molecule has 3 amide bonds. The third kappa shape index (κ3) is 3.35. The SMILES string of the molecule is Cc1ccc(C)c(OC[C@H](O)CN2C(=O)N[C@]3(CCCc4ccccc43)C2=O)c1C. The van der Waals surface area contributed by atoms with E-state index in [0.29, 0.717) is 6.42 Å². The average molecular weight is 408 g/mol. The van der Waals surface area contributed by atoms with Crippen molar-refractivity contribution < 1.29 is 19.4 Å². The Morgan fingerprint density at radius 2 is 1.87 bits per heavy atom. The molecule has 2 atom stereocenters. The zero-order chi connectivity index (χ0) is 21.5. The van der Waals surface area contributed by atoms with Crippen molar-refractivity contribution in [2.24, 2.45) is 0 Å². The molecular formula is C24H28N2O4. The van der Waals surface area contributed by atoms with Crippen LogP contribution >= 0.6 is 0 Å². The van der Waals surface area contributed by atoms with Crippen LogP contribution in [0.5, 0.6) is 5.75 Å². The van der Waals surface area contributed by atoms with Crippen LogP contribution in [0.4, 0.5) is 4.79 Å². The maximum atomic E-state index is 13.3. The van der Waals surface area contributed by atoms with E-state index in [-0.39, 0.29) is 19.1 Å². The second-order valence-electron chi connectivity index (χ2n) is 8.38. The van der Waals surface area contributed by atoms with Gasteiger partial charge in [-0.25, -0.2) is 4.79 Å². The van der Waals surface area contributed by atoms with Crippen molar-refractivity contribution in [2.45, 2.75) is 51.7 Å². The number of rotatable bonds is 5. The minimum Gasteiger partial charge on any atom is -0.490 e. The smallest absolute Gasteiger partial charge is 0.325 e. The molecule has 0 unspecified atom stereocenters. The van der Waals surface area contributed by atoms with Gasteiger partial charge in [0.15, 0.2) is 0 Å². The minimum atomic E-state index is -1.02. The van der Waals surface area contributed by atoms with Crippen LogP contribution in [-0.2, 0) is 16.8 Å². The topological polar surface area (TPSA) is 78.9 Å². The summed E-state index contributed by atoms with van der Waals surface area (Å²) in [7, 11) is 0. The number of carbonyl (C=O) groups excluding carboxylic acids is 2. The fourth-order valence-corrected chi connectivity index (χ4v) is 4.57. The summed E-state index contributed by atoms with van der Waals surface area (Å²) in [5, 5.41) is 13.5. The Hall–Kier alpha value is -2.86. The number of hydrogen-bond acceptors (Lipinski definition) is 4. The molecule has 1 fully saturated rings. The quantitative estimate of drug-likeness (QED) is 0.745. The number of ether oxygens (including phenoxy) is 1. The lowest BCUT2D eigenvalue weighted by Gasteiger charge is -2.33. The van der Waals surface area contributed by atoms with Gasteiger partial charge in [0.25, 0.3) is 5.91 Å². The molecule has 1 aliphatic heterocycles. The third-order valence-electron chi connectivity index (χ3n) is 6.34. The maximum Gasteiger partial charge on any atom is 0.325 e. The molecule has 1 aliphatic carbocycles. The van der Waals surface area contributed by atoms with Crippen molar-refractivity contribution in [3.05, 3.63) is 64.2 Å². The second-order valence-corrected chi connectivity index (χ2v) is 8.38. The number of benzene rings is 2. The van der Waals surface area contributed by atoms with E-state index in [2.05, 4.69) is 5.32 Å². The first-order valence-electron chi connectivity index (χ1n) is 10.4. The minimum absolute atomic E-state index is 0.00573. The number of imide groups is 1. The van der Waals surface area contributed by atoms with Crippen molar-refractivity contribution in [1.82, 2.24) is 10.2 Å². The molecular weight excluding hydrogens is 380 g/mol. The first-order valence-corrected chi connectivity index (χ1v) is 10.4. The summed E-state index contributed by atoms with van der Waals surface area (Å²) in [5.41, 5.74) is 4.06. The lowest BCUT2D eigenvalue weighted by atomic mass is 9.76. The second kappa shape index (κ2) is 7.76. The third-order valence-corrected chi connectivity index (χ3v) is 6.34. The molecule has 158 valence electrons. The van der Waals surface area contributed by atoms with Gasteiger partial charge in [-0.15, -0.1) is 0 Å². The summed E-state index contributed by atoms with van der Waals surface area (Å²) in [5.74, 6) is 0.450. The van der Waals surface area contributed by atoms with Gasteiger partial charge in [0.05, 0.1) is 6.54 Å². The summed E-state index contributed by atoms with van der Waals surface area (Å²) in [6, 6.07) is 11.3. The Morgan fingerprint density at radius 3 is 2.67 bits per heavy atom. The summed E-state index contributed by atoms with van der Waals surface area (Å²) in [4.78, 5) is 27.1. The van der Waals surface area contributed by atoms with Gasteiger partial charge in [-0.2, -0.15) is 0 Å². The first kappa shape index (κ1) is 20.4. The summed E-state index contributed by atoms with van der Waals surface area (Å²) < 4.78 is 5.86. The number of nitrogens with zero attached hydrogens (tertiary/aromatic N) is 1. The molecule has 2 aliphatic rings. The largest absolute Gasteiger partial charge is 0.490 e. The number of nitrogens with one attached hydrogen (secondary N) is 1. The number of aliphatic hydroxyl groups is 1. The van der Waals surface area contributed by atoms with Crippen LogP contribution in [-0.4, -0.2) is 41.2 Å². The molecule has 0 saturated carbocycles. The fraction of sp³-hybridized carbons (Fsp3) is 0.417. The highest BCUT2D eigenvalue weighted by Gasteiger charge is 2.54. The Kier molecular flexibility index (Phi) is 5.28. The van der Waals surface area contributed by atoms with Gasteiger partial charge in [0.2, 0.25) is 0 Å². The van der Waals surface area contributed by atoms with Crippen LogP contribution in [0.25, 0.3) is 0 Å². The van der Waals surface area contributed by atoms with Crippen LogP contribution in [0, 0.1) is 20.8 Å². The Balaban J connectivity index is 1.48. The Bertz CT molecular complexity index is 1000. The van der Waals surface area contributed by atoms with Crippen LogP contribution < -0.4 is 10.1 Å². The summed E-state index contributed by atoms with van der Waals surface area (Å²) in [6.07, 6.45) is 1.31. The zero-order valence-electron chi connectivity index (χ0n) is 17.7. The zero-order valence-corrected chi connectivity index (χ0v) is 17.7. The molecule has 30 heavy (non-hydrogen) atoms. The molecule has 2 aromatic rings. The van der Waals surface area contributed by atoms with Gasteiger partial charge in [0, 0.05) is 0 Å². The van der Waals surface area contributed by atoms with Crippen molar-refractivity contribution >= 4 is 11.9 Å². The highest BCUT2D eigenvalue weighted by molar-refractivity contribution is 6.07. The van der Waals surface area contributed by atoms with Crippen LogP contribution in [0.2, 0.25) is 0 Å². The molecule has 6 heteroatoms. The molecule has 1 spiro atoms. The van der Waals surface area contributed by atoms with Crippen LogP contribution in [0.1, 0.15) is 40.7 Å². The molecule has 1 heterocycles. The van der Waals surface area contributed by atoms with Gasteiger partial charge in [0.1, 0.15) is 24.0 Å². The standard InChI is InChI=1S/C24H28N2O4/c1-15-10-11-16(2)21(17(15)3)30-14-19(27)13-26-22(28)24(25-23(26)29)12-6-8-18-7-4-5-9-20(18)24/h4-5,7,9-11,19,27H,6,8,12-14H2,1-3H3,(H,25,29)/t19-,24+/m1/s1. The molecule has 2 aromatic carbocycles. The normalized spacial score (nSPS) is 21.5. The highest BCUT2D eigenvalue weighted by Crippen LogP contribution is 2.39. The van der Waals surface area contributed by atoms with E-state index in [1.165, 1.54) is 0 Å². The number of β-amino-alcohol motifs (C(OH)–C–C–N with tert-alkyl or cyclic N) is 1. The number of amides is 3. The molecule has 4 rings (SSSR count). The van der Waals surface area contributed by atoms with Gasteiger partial charge >= 0.3 is 6.03 Å². The molecule has 0 aromatic heterocycles. The lowest BCUT2D eigenvalue weighted by molar-refractivity contribution is -0.133. The molecule has 0 radical (unpaired) electrons.